The Bertz CT molecular complexity index is 951. The van der Waals surface area contributed by atoms with Crippen molar-refractivity contribution >= 4 is 10.0 Å². The van der Waals surface area contributed by atoms with Gasteiger partial charge < -0.3 is 9.47 Å². The van der Waals surface area contributed by atoms with Crippen LogP contribution in [0.3, 0.4) is 0 Å². The Morgan fingerprint density at radius 2 is 1.67 bits per heavy atom. The van der Waals surface area contributed by atoms with Crippen LogP contribution in [-0.2, 0) is 32.7 Å². The summed E-state index contributed by atoms with van der Waals surface area (Å²) < 4.78 is 39.6. The molecule has 3 aliphatic rings. The molecular weight excluding hydrogens is 362 g/mol. The zero-order valence-corrected chi connectivity index (χ0v) is 16.0. The second kappa shape index (κ2) is 6.41. The molecule has 3 aliphatic heterocycles. The van der Waals surface area contributed by atoms with Gasteiger partial charge in [0.15, 0.2) is 0 Å². The lowest BCUT2D eigenvalue weighted by Crippen LogP contribution is -2.62. The minimum Gasteiger partial charge on any atom is -0.381 e. The molecule has 0 saturated carbocycles. The van der Waals surface area contributed by atoms with Gasteiger partial charge in [-0.1, -0.05) is 36.4 Å². The van der Waals surface area contributed by atoms with Gasteiger partial charge in [0, 0.05) is 25.2 Å². The van der Waals surface area contributed by atoms with Crippen molar-refractivity contribution in [2.75, 3.05) is 19.8 Å². The summed E-state index contributed by atoms with van der Waals surface area (Å²) in [6.07, 6.45) is 1.80. The highest BCUT2D eigenvalue weighted by Gasteiger charge is 2.57. The van der Waals surface area contributed by atoms with E-state index in [9.17, 15) is 8.42 Å². The Morgan fingerprint density at radius 1 is 0.926 bits per heavy atom. The van der Waals surface area contributed by atoms with Crippen molar-refractivity contribution in [3.63, 3.8) is 0 Å². The van der Waals surface area contributed by atoms with Gasteiger partial charge in [0.1, 0.15) is 0 Å². The molecule has 0 amide bonds. The van der Waals surface area contributed by atoms with Gasteiger partial charge in [-0.3, -0.25) is 0 Å². The Balaban J connectivity index is 1.53. The van der Waals surface area contributed by atoms with E-state index in [1.54, 1.807) is 16.4 Å². The van der Waals surface area contributed by atoms with Crippen LogP contribution in [0, 0.1) is 5.41 Å². The maximum Gasteiger partial charge on any atom is 0.243 e. The molecule has 5 nitrogen and oxygen atoms in total. The van der Waals surface area contributed by atoms with E-state index in [1.807, 2.05) is 36.4 Å². The second-order valence-corrected chi connectivity index (χ2v) is 9.65. The molecule has 0 unspecified atom stereocenters. The minimum absolute atomic E-state index is 0.0213. The normalized spacial score (nSPS) is 24.5. The van der Waals surface area contributed by atoms with Crippen molar-refractivity contribution in [2.45, 2.75) is 37.0 Å². The average Bonchev–Trinajstić information content (AvgIpc) is 3.16. The molecule has 0 N–H and O–H groups in total. The molecule has 2 aromatic rings. The van der Waals surface area contributed by atoms with Crippen LogP contribution in [-0.4, -0.2) is 32.5 Å². The van der Waals surface area contributed by atoms with E-state index in [4.69, 9.17) is 9.47 Å². The summed E-state index contributed by atoms with van der Waals surface area (Å²) in [6, 6.07) is 15.3. The van der Waals surface area contributed by atoms with Crippen LogP contribution in [0.2, 0.25) is 0 Å². The molecule has 6 heteroatoms. The lowest BCUT2D eigenvalue weighted by molar-refractivity contribution is -0.0952. The van der Waals surface area contributed by atoms with Gasteiger partial charge in [0.2, 0.25) is 10.0 Å². The number of rotatable bonds is 3. The quantitative estimate of drug-likeness (QED) is 0.814. The van der Waals surface area contributed by atoms with Crippen LogP contribution >= 0.6 is 0 Å². The summed E-state index contributed by atoms with van der Waals surface area (Å²) in [6.45, 7) is 3.02. The van der Waals surface area contributed by atoms with Gasteiger partial charge in [-0.15, -0.1) is 0 Å². The standard InChI is InChI=1S/C21H23NO4S/c23-27(24,19-7-6-17-13-26-14-18(17)12-19)22-15-21(8-10-25-11-9-21)20(22)16-4-2-1-3-5-16/h1-7,12,20H,8-11,13-15H2/t20-/m1/s1. The number of benzene rings is 2. The molecular formula is C21H23NO4S. The van der Waals surface area contributed by atoms with Gasteiger partial charge in [-0.05, 0) is 41.7 Å². The summed E-state index contributed by atoms with van der Waals surface area (Å²) in [5.74, 6) is 0. The van der Waals surface area contributed by atoms with E-state index in [-0.39, 0.29) is 11.5 Å². The predicted octanol–water partition coefficient (Wildman–Crippen LogP) is 3.26. The molecule has 0 radical (unpaired) electrons. The fraction of sp³-hybridized carbons (Fsp3) is 0.429. The number of fused-ring (bicyclic) bond motifs is 1. The van der Waals surface area contributed by atoms with Crippen LogP contribution < -0.4 is 0 Å². The van der Waals surface area contributed by atoms with Crippen LogP contribution in [0.25, 0.3) is 0 Å². The minimum atomic E-state index is -3.56. The van der Waals surface area contributed by atoms with E-state index in [1.165, 1.54) is 0 Å². The Labute approximate surface area is 160 Å². The number of hydrogen-bond acceptors (Lipinski definition) is 4. The lowest BCUT2D eigenvalue weighted by atomic mass is 9.65. The first-order valence-corrected chi connectivity index (χ1v) is 10.9. The fourth-order valence-corrected chi connectivity index (χ4v) is 6.57. The summed E-state index contributed by atoms with van der Waals surface area (Å²) in [5.41, 5.74) is 3.11. The molecule has 2 fully saturated rings. The molecule has 0 bridgehead atoms. The molecule has 3 heterocycles. The monoisotopic (exact) mass is 385 g/mol. The first kappa shape index (κ1) is 17.4. The van der Waals surface area contributed by atoms with E-state index < -0.39 is 10.0 Å². The largest absolute Gasteiger partial charge is 0.381 e. The van der Waals surface area contributed by atoms with Crippen molar-refractivity contribution in [2.24, 2.45) is 5.41 Å². The summed E-state index contributed by atoms with van der Waals surface area (Å²) in [5, 5.41) is 0. The van der Waals surface area contributed by atoms with Crippen molar-refractivity contribution < 1.29 is 17.9 Å². The maximum atomic E-state index is 13.5. The van der Waals surface area contributed by atoms with Gasteiger partial charge in [-0.25, -0.2) is 8.42 Å². The van der Waals surface area contributed by atoms with Gasteiger partial charge >= 0.3 is 0 Å². The Kier molecular flexibility index (Phi) is 4.13. The SMILES string of the molecule is O=S(=O)(c1ccc2c(c1)COC2)N1CC2(CCOCC2)[C@H]1c1ccccc1. The molecule has 142 valence electrons. The third-order valence-corrected chi connectivity index (χ3v) is 8.05. The third-order valence-electron chi connectivity index (χ3n) is 6.24. The molecule has 2 saturated heterocycles. The Morgan fingerprint density at radius 3 is 2.44 bits per heavy atom. The van der Waals surface area contributed by atoms with Crippen LogP contribution in [0.1, 0.15) is 35.6 Å². The number of sulfonamides is 1. The number of hydrogen-bond donors (Lipinski definition) is 0. The van der Waals surface area contributed by atoms with E-state index in [0.717, 1.165) is 29.5 Å². The summed E-state index contributed by atoms with van der Waals surface area (Å²) in [7, 11) is -3.56. The molecule has 0 aromatic heterocycles. The van der Waals surface area contributed by atoms with E-state index in [0.29, 0.717) is 37.9 Å². The molecule has 2 aromatic carbocycles. The molecule has 27 heavy (non-hydrogen) atoms. The topological polar surface area (TPSA) is 55.8 Å². The van der Waals surface area contributed by atoms with Gasteiger partial charge in [0.05, 0.1) is 24.2 Å². The molecule has 0 aliphatic carbocycles. The van der Waals surface area contributed by atoms with Crippen molar-refractivity contribution in [3.05, 3.63) is 65.2 Å². The number of ether oxygens (including phenoxy) is 2. The highest BCUT2D eigenvalue weighted by molar-refractivity contribution is 7.89. The molecule has 5 rings (SSSR count). The van der Waals surface area contributed by atoms with Crippen molar-refractivity contribution in [3.8, 4) is 0 Å². The highest BCUT2D eigenvalue weighted by Crippen LogP contribution is 2.56. The maximum absolute atomic E-state index is 13.5. The fourth-order valence-electron chi connectivity index (χ4n) is 4.71. The highest BCUT2D eigenvalue weighted by atomic mass is 32.2. The third kappa shape index (κ3) is 2.74. The average molecular weight is 385 g/mol. The van der Waals surface area contributed by atoms with Crippen molar-refractivity contribution in [1.82, 2.24) is 4.31 Å². The zero-order chi connectivity index (χ0) is 18.5. The molecule has 1 atom stereocenters. The second-order valence-electron chi connectivity index (χ2n) is 7.76. The van der Waals surface area contributed by atoms with Gasteiger partial charge in [-0.2, -0.15) is 4.31 Å². The van der Waals surface area contributed by atoms with Gasteiger partial charge in [0.25, 0.3) is 0 Å². The van der Waals surface area contributed by atoms with E-state index in [2.05, 4.69) is 0 Å². The summed E-state index contributed by atoms with van der Waals surface area (Å²) >= 11 is 0. The first-order valence-electron chi connectivity index (χ1n) is 9.44. The number of nitrogens with zero attached hydrogens (tertiary/aromatic N) is 1. The van der Waals surface area contributed by atoms with Crippen LogP contribution in [0.15, 0.2) is 53.4 Å². The summed E-state index contributed by atoms with van der Waals surface area (Å²) in [4.78, 5) is 0.370. The zero-order valence-electron chi connectivity index (χ0n) is 15.1. The van der Waals surface area contributed by atoms with Crippen LogP contribution in [0.4, 0.5) is 0 Å². The Hall–Kier alpha value is -1.73. The molecule has 1 spiro atoms. The van der Waals surface area contributed by atoms with E-state index >= 15 is 0 Å². The van der Waals surface area contributed by atoms with Crippen LogP contribution in [0.5, 0.6) is 0 Å². The van der Waals surface area contributed by atoms with Crippen molar-refractivity contribution in [1.29, 1.82) is 0 Å². The smallest absolute Gasteiger partial charge is 0.243 e. The first-order chi connectivity index (χ1) is 13.1. The lowest BCUT2D eigenvalue weighted by Gasteiger charge is -2.58. The predicted molar refractivity (Wildman–Crippen MR) is 100 cm³/mol.